The molecule has 3 rings (SSSR count). The molecule has 1 fully saturated rings. The molecule has 8 nitrogen and oxygen atoms in total. The Morgan fingerprint density at radius 1 is 1.19 bits per heavy atom. The second kappa shape index (κ2) is 6.86. The summed E-state index contributed by atoms with van der Waals surface area (Å²) in [4.78, 5) is 38.1. The van der Waals surface area contributed by atoms with E-state index in [1.165, 1.54) is 0 Å². The third kappa shape index (κ3) is 3.18. The van der Waals surface area contributed by atoms with Gasteiger partial charge in [-0.1, -0.05) is 6.92 Å². The van der Waals surface area contributed by atoms with Crippen molar-refractivity contribution < 1.29 is 9.59 Å². The minimum Gasteiger partial charge on any atom is -0.341 e. The molecule has 0 bridgehead atoms. The molecule has 8 heteroatoms. The number of nitrogens with zero attached hydrogens (tertiary/aromatic N) is 3. The van der Waals surface area contributed by atoms with Gasteiger partial charge in [0.15, 0.2) is 0 Å². The average Bonchev–Trinajstić information content (AvgIpc) is 3.02. The molecule has 1 saturated heterocycles. The van der Waals surface area contributed by atoms with Crippen molar-refractivity contribution in [3.8, 4) is 0 Å². The van der Waals surface area contributed by atoms with Crippen molar-refractivity contribution in [3.05, 3.63) is 28.2 Å². The van der Waals surface area contributed by atoms with Crippen molar-refractivity contribution >= 4 is 28.7 Å². The lowest BCUT2D eigenvalue weighted by atomic mass is 10.1. The quantitative estimate of drug-likeness (QED) is 0.863. The van der Waals surface area contributed by atoms with Crippen LogP contribution >= 0.6 is 0 Å². The Hall–Kier alpha value is -2.77. The van der Waals surface area contributed by atoms with Gasteiger partial charge in [0.25, 0.3) is 0 Å². The zero-order valence-corrected chi connectivity index (χ0v) is 15.6. The number of benzene rings is 1. The molecule has 1 aliphatic heterocycles. The molecule has 26 heavy (non-hydrogen) atoms. The molecule has 1 atom stereocenters. The minimum atomic E-state index is -0.343. The third-order valence-corrected chi connectivity index (χ3v) is 4.91. The molecule has 2 N–H and O–H groups in total. The molecule has 1 aliphatic rings. The van der Waals surface area contributed by atoms with Crippen LogP contribution in [0.4, 0.5) is 10.5 Å². The van der Waals surface area contributed by atoms with Crippen molar-refractivity contribution in [1.82, 2.24) is 19.4 Å². The number of hydrogen-bond donors (Lipinski definition) is 2. The fraction of sp³-hybridized carbons (Fsp3) is 0.500. The van der Waals surface area contributed by atoms with E-state index in [1.807, 2.05) is 19.9 Å². The number of carbonyl (C=O) groups excluding carboxylic acids is 2. The summed E-state index contributed by atoms with van der Waals surface area (Å²) in [6, 6.07) is 3.16. The van der Waals surface area contributed by atoms with Gasteiger partial charge in [-0.25, -0.2) is 9.59 Å². The molecule has 1 aromatic carbocycles. The lowest BCUT2D eigenvalue weighted by Crippen LogP contribution is -2.39. The largest absolute Gasteiger partial charge is 0.341 e. The van der Waals surface area contributed by atoms with Gasteiger partial charge in [-0.2, -0.15) is 0 Å². The van der Waals surface area contributed by atoms with Gasteiger partial charge in [-0.05, 0) is 31.0 Å². The van der Waals surface area contributed by atoms with Crippen molar-refractivity contribution in [2.75, 3.05) is 18.4 Å². The maximum atomic E-state index is 12.4. The molecule has 0 saturated carbocycles. The average molecular weight is 359 g/mol. The maximum absolute atomic E-state index is 12.4. The van der Waals surface area contributed by atoms with Gasteiger partial charge >= 0.3 is 11.7 Å². The van der Waals surface area contributed by atoms with E-state index in [1.54, 1.807) is 34.2 Å². The standard InChI is InChI=1S/C18H25N5O3/c1-5-6-23-10-12(8-16(23)24)19-17(25)20-13-9-15-14(7-11(13)2)21(3)18(26)22(15)4/h7,9,12H,5-6,8,10H2,1-4H3,(H2,19,20,25)/t12-/m0/s1. The summed E-state index contributed by atoms with van der Waals surface area (Å²) in [7, 11) is 3.43. The Labute approximate surface area is 151 Å². The smallest absolute Gasteiger partial charge is 0.328 e. The van der Waals surface area contributed by atoms with Crippen molar-refractivity contribution in [3.63, 3.8) is 0 Å². The van der Waals surface area contributed by atoms with E-state index in [-0.39, 0.29) is 23.7 Å². The number of amides is 3. The predicted octanol–water partition coefficient (Wildman–Crippen LogP) is 1.32. The monoisotopic (exact) mass is 359 g/mol. The van der Waals surface area contributed by atoms with Crippen molar-refractivity contribution in [2.45, 2.75) is 32.7 Å². The minimum absolute atomic E-state index is 0.0778. The molecular weight excluding hydrogens is 334 g/mol. The Balaban J connectivity index is 1.74. The lowest BCUT2D eigenvalue weighted by molar-refractivity contribution is -0.127. The maximum Gasteiger partial charge on any atom is 0.328 e. The van der Waals surface area contributed by atoms with Crippen LogP contribution in [0.25, 0.3) is 11.0 Å². The number of urea groups is 1. The van der Waals surface area contributed by atoms with Crippen LogP contribution < -0.4 is 16.3 Å². The van der Waals surface area contributed by atoms with E-state index in [9.17, 15) is 14.4 Å². The van der Waals surface area contributed by atoms with Crippen LogP contribution in [-0.4, -0.2) is 45.1 Å². The third-order valence-electron chi connectivity index (χ3n) is 4.91. The molecule has 140 valence electrons. The molecule has 3 amide bonds. The predicted molar refractivity (Wildman–Crippen MR) is 100 cm³/mol. The van der Waals surface area contributed by atoms with E-state index in [2.05, 4.69) is 10.6 Å². The highest BCUT2D eigenvalue weighted by atomic mass is 16.2. The van der Waals surface area contributed by atoms with E-state index in [0.29, 0.717) is 18.7 Å². The summed E-state index contributed by atoms with van der Waals surface area (Å²) in [5.74, 6) is 0.0778. The van der Waals surface area contributed by atoms with Gasteiger partial charge in [0.05, 0.1) is 17.1 Å². The first-order valence-corrected chi connectivity index (χ1v) is 8.83. The van der Waals surface area contributed by atoms with E-state index >= 15 is 0 Å². The number of aromatic nitrogens is 2. The summed E-state index contributed by atoms with van der Waals surface area (Å²) < 4.78 is 3.13. The Kier molecular flexibility index (Phi) is 4.76. The zero-order chi connectivity index (χ0) is 19.0. The van der Waals surface area contributed by atoms with Crippen LogP contribution in [0, 0.1) is 6.92 Å². The fourth-order valence-corrected chi connectivity index (χ4v) is 3.48. The number of rotatable bonds is 4. The topological polar surface area (TPSA) is 88.4 Å². The highest BCUT2D eigenvalue weighted by Crippen LogP contribution is 2.22. The lowest BCUT2D eigenvalue weighted by Gasteiger charge is -2.17. The molecule has 1 aromatic heterocycles. The Morgan fingerprint density at radius 2 is 1.85 bits per heavy atom. The number of likely N-dealkylation sites (tertiary alicyclic amines) is 1. The highest BCUT2D eigenvalue weighted by Gasteiger charge is 2.29. The molecular formula is C18H25N5O3. The number of fused-ring (bicyclic) bond motifs is 1. The summed E-state index contributed by atoms with van der Waals surface area (Å²) in [6.45, 7) is 5.17. The molecule has 0 spiro atoms. The molecule has 2 heterocycles. The van der Waals surface area contributed by atoms with E-state index in [0.717, 1.165) is 29.6 Å². The van der Waals surface area contributed by atoms with Gasteiger partial charge in [-0.3, -0.25) is 13.9 Å². The molecule has 0 unspecified atom stereocenters. The van der Waals surface area contributed by atoms with Gasteiger partial charge in [0.1, 0.15) is 0 Å². The van der Waals surface area contributed by atoms with E-state index < -0.39 is 0 Å². The van der Waals surface area contributed by atoms with E-state index in [4.69, 9.17) is 0 Å². The van der Waals surface area contributed by atoms with Crippen LogP contribution in [0.2, 0.25) is 0 Å². The van der Waals surface area contributed by atoms with Crippen LogP contribution in [0.3, 0.4) is 0 Å². The Bertz CT molecular complexity index is 927. The fourth-order valence-electron chi connectivity index (χ4n) is 3.48. The van der Waals surface area contributed by atoms with Crippen LogP contribution in [0.15, 0.2) is 16.9 Å². The van der Waals surface area contributed by atoms with Crippen LogP contribution in [0.5, 0.6) is 0 Å². The number of hydrogen-bond acceptors (Lipinski definition) is 3. The summed E-state index contributed by atoms with van der Waals surface area (Å²) in [5.41, 5.74) is 2.97. The van der Waals surface area contributed by atoms with Gasteiger partial charge < -0.3 is 15.5 Å². The number of nitrogens with one attached hydrogen (secondary N) is 2. The van der Waals surface area contributed by atoms with Crippen LogP contribution in [-0.2, 0) is 18.9 Å². The number of carbonyl (C=O) groups is 2. The highest BCUT2D eigenvalue weighted by molar-refractivity contribution is 5.94. The first-order chi connectivity index (χ1) is 12.3. The van der Waals surface area contributed by atoms with Gasteiger partial charge in [-0.15, -0.1) is 0 Å². The zero-order valence-electron chi connectivity index (χ0n) is 15.6. The summed E-state index contributed by atoms with van der Waals surface area (Å²) in [6.07, 6.45) is 1.23. The molecule has 2 aromatic rings. The molecule has 0 aliphatic carbocycles. The van der Waals surface area contributed by atoms with Gasteiger partial charge in [0.2, 0.25) is 5.91 Å². The van der Waals surface area contributed by atoms with Crippen molar-refractivity contribution in [2.24, 2.45) is 14.1 Å². The van der Waals surface area contributed by atoms with Crippen molar-refractivity contribution in [1.29, 1.82) is 0 Å². The van der Waals surface area contributed by atoms with Gasteiger partial charge in [0, 0.05) is 39.3 Å². The first kappa shape index (κ1) is 18.0. The SMILES string of the molecule is CCCN1C[C@@H](NC(=O)Nc2cc3c(cc2C)n(C)c(=O)n3C)CC1=O. The summed E-state index contributed by atoms with van der Waals surface area (Å²) in [5, 5.41) is 5.71. The number of imidazole rings is 1. The first-order valence-electron chi connectivity index (χ1n) is 8.83. The second-order valence-corrected chi connectivity index (χ2v) is 6.90. The summed E-state index contributed by atoms with van der Waals surface area (Å²) >= 11 is 0. The second-order valence-electron chi connectivity index (χ2n) is 6.90. The number of aryl methyl sites for hydroxylation is 3. The Morgan fingerprint density at radius 3 is 2.50 bits per heavy atom. The normalized spacial score (nSPS) is 17.2. The molecule has 0 radical (unpaired) electrons. The number of anilines is 1. The van der Waals surface area contributed by atoms with Crippen LogP contribution in [0.1, 0.15) is 25.3 Å².